The highest BCUT2D eigenvalue weighted by Gasteiger charge is 2.41. The van der Waals surface area contributed by atoms with Gasteiger partial charge < -0.3 is 0 Å². The van der Waals surface area contributed by atoms with Crippen LogP contribution in [0.1, 0.15) is 38.9 Å². The van der Waals surface area contributed by atoms with E-state index in [1.165, 1.54) is 12.8 Å². The third-order valence-electron chi connectivity index (χ3n) is 3.56. The first kappa shape index (κ1) is 12.1. The molecule has 1 atom stereocenters. The van der Waals surface area contributed by atoms with E-state index < -0.39 is 0 Å². The van der Waals surface area contributed by atoms with E-state index in [2.05, 4.69) is 44.5 Å². The van der Waals surface area contributed by atoms with Gasteiger partial charge in [0.05, 0.1) is 0 Å². The largest absolute Gasteiger partial charge is 0.250 e. The third-order valence-corrected chi connectivity index (χ3v) is 4.84. The van der Waals surface area contributed by atoms with Gasteiger partial charge >= 0.3 is 0 Å². The van der Waals surface area contributed by atoms with Crippen molar-refractivity contribution in [1.29, 1.82) is 0 Å². The monoisotopic (exact) mass is 285 g/mol. The van der Waals surface area contributed by atoms with Gasteiger partial charge in [-0.1, -0.05) is 29.8 Å². The lowest BCUT2D eigenvalue weighted by Crippen LogP contribution is -2.26. The first-order valence-corrected chi connectivity index (χ1v) is 7.24. The number of nitrogens with zero attached hydrogens (tertiary/aromatic N) is 3. The Labute approximate surface area is 106 Å². The summed E-state index contributed by atoms with van der Waals surface area (Å²) in [5.74, 6) is 2.02. The number of hydrogen-bond donors (Lipinski definition) is 0. The summed E-state index contributed by atoms with van der Waals surface area (Å²) in [7, 11) is 0. The number of alkyl halides is 1. The van der Waals surface area contributed by atoms with E-state index in [9.17, 15) is 0 Å². The van der Waals surface area contributed by atoms with Crippen LogP contribution in [0.25, 0.3) is 0 Å². The molecular weight excluding hydrogens is 266 g/mol. The quantitative estimate of drug-likeness (QED) is 0.752. The van der Waals surface area contributed by atoms with Crippen LogP contribution >= 0.6 is 15.9 Å². The molecule has 0 spiro atoms. The van der Waals surface area contributed by atoms with Crippen LogP contribution in [-0.2, 0) is 13.0 Å². The Bertz CT molecular complexity index is 346. The van der Waals surface area contributed by atoms with Crippen LogP contribution in [0.2, 0.25) is 0 Å². The molecule has 16 heavy (non-hydrogen) atoms. The second-order valence-corrected chi connectivity index (χ2v) is 5.70. The molecule has 2 rings (SSSR count). The highest BCUT2D eigenvalue weighted by molar-refractivity contribution is 9.09. The van der Waals surface area contributed by atoms with Crippen molar-refractivity contribution in [2.45, 2.75) is 46.1 Å². The molecule has 1 unspecified atom stereocenters. The maximum atomic E-state index is 4.41. The number of aryl methyl sites for hydroxylation is 1. The van der Waals surface area contributed by atoms with E-state index in [-0.39, 0.29) is 0 Å². The van der Waals surface area contributed by atoms with E-state index >= 15 is 0 Å². The topological polar surface area (TPSA) is 30.7 Å². The minimum Gasteiger partial charge on any atom is -0.250 e. The second kappa shape index (κ2) is 4.86. The van der Waals surface area contributed by atoms with Crippen molar-refractivity contribution < 1.29 is 0 Å². The first-order valence-electron chi connectivity index (χ1n) is 6.12. The molecule has 3 nitrogen and oxygen atoms in total. The zero-order valence-corrected chi connectivity index (χ0v) is 11.7. The van der Waals surface area contributed by atoms with Gasteiger partial charge in [0.1, 0.15) is 12.2 Å². The average Bonchev–Trinajstić information content (AvgIpc) is 3.05. The fourth-order valence-electron chi connectivity index (χ4n) is 2.27. The van der Waals surface area contributed by atoms with E-state index in [1.807, 2.05) is 0 Å². The summed E-state index contributed by atoms with van der Waals surface area (Å²) in [6.07, 6.45) is 6.61. The van der Waals surface area contributed by atoms with E-state index in [0.717, 1.165) is 36.5 Å². The summed E-state index contributed by atoms with van der Waals surface area (Å²) in [6.45, 7) is 5.53. The Kier molecular flexibility index (Phi) is 3.67. The van der Waals surface area contributed by atoms with E-state index in [1.54, 1.807) is 6.33 Å². The van der Waals surface area contributed by atoms with Gasteiger partial charge in [-0.2, -0.15) is 5.10 Å². The first-order chi connectivity index (χ1) is 7.69. The molecule has 0 saturated heterocycles. The Balaban J connectivity index is 2.09. The summed E-state index contributed by atoms with van der Waals surface area (Å²) in [4.78, 5) is 4.41. The SMILES string of the molecule is CCCn1ncnc1CC(C)(CBr)C1CC1. The van der Waals surface area contributed by atoms with Crippen molar-refractivity contribution >= 4 is 15.9 Å². The zero-order valence-electron chi connectivity index (χ0n) is 10.1. The smallest absolute Gasteiger partial charge is 0.138 e. The van der Waals surface area contributed by atoms with Gasteiger partial charge in [-0.15, -0.1) is 0 Å². The van der Waals surface area contributed by atoms with Crippen molar-refractivity contribution in [2.75, 3.05) is 5.33 Å². The summed E-state index contributed by atoms with van der Waals surface area (Å²) >= 11 is 3.66. The van der Waals surface area contributed by atoms with Gasteiger partial charge in [-0.25, -0.2) is 4.98 Å². The van der Waals surface area contributed by atoms with Gasteiger partial charge in [0.15, 0.2) is 0 Å². The van der Waals surface area contributed by atoms with Gasteiger partial charge in [0.2, 0.25) is 0 Å². The standard InChI is InChI=1S/C12H20BrN3/c1-3-6-16-11(14-9-15-16)7-12(2,8-13)10-4-5-10/h9-10H,3-8H2,1-2H3. The van der Waals surface area contributed by atoms with Crippen LogP contribution in [0.5, 0.6) is 0 Å². The fourth-order valence-corrected chi connectivity index (χ4v) is 2.92. The van der Waals surface area contributed by atoms with Crippen LogP contribution in [0.4, 0.5) is 0 Å². The Morgan fingerprint density at radius 2 is 2.31 bits per heavy atom. The predicted octanol–water partition coefficient (Wildman–Crippen LogP) is 3.04. The molecule has 0 radical (unpaired) electrons. The summed E-state index contributed by atoms with van der Waals surface area (Å²) in [5.41, 5.74) is 0.360. The van der Waals surface area contributed by atoms with Gasteiger partial charge in [-0.3, -0.25) is 4.68 Å². The van der Waals surface area contributed by atoms with E-state index in [0.29, 0.717) is 5.41 Å². The predicted molar refractivity (Wildman–Crippen MR) is 68.6 cm³/mol. The number of halogens is 1. The lowest BCUT2D eigenvalue weighted by atomic mass is 9.83. The molecule has 1 aliphatic carbocycles. The van der Waals surface area contributed by atoms with Crippen molar-refractivity contribution in [3.8, 4) is 0 Å². The highest BCUT2D eigenvalue weighted by atomic mass is 79.9. The molecule has 1 fully saturated rings. The minimum absolute atomic E-state index is 0.360. The fraction of sp³-hybridized carbons (Fsp3) is 0.833. The molecule has 90 valence electrons. The minimum atomic E-state index is 0.360. The molecule has 0 bridgehead atoms. The second-order valence-electron chi connectivity index (χ2n) is 5.14. The Hall–Kier alpha value is -0.380. The third kappa shape index (κ3) is 2.47. The molecule has 0 amide bonds. The van der Waals surface area contributed by atoms with Gasteiger partial charge in [0.25, 0.3) is 0 Å². The van der Waals surface area contributed by atoms with Crippen molar-refractivity contribution in [3.05, 3.63) is 12.2 Å². The van der Waals surface area contributed by atoms with Crippen molar-refractivity contribution in [3.63, 3.8) is 0 Å². The van der Waals surface area contributed by atoms with Crippen LogP contribution in [0.15, 0.2) is 6.33 Å². The molecule has 1 aromatic rings. The normalized spacial score (nSPS) is 19.7. The summed E-state index contributed by atoms with van der Waals surface area (Å²) < 4.78 is 2.06. The van der Waals surface area contributed by atoms with Crippen LogP contribution in [-0.4, -0.2) is 20.1 Å². The lowest BCUT2D eigenvalue weighted by Gasteiger charge is -2.26. The Morgan fingerprint density at radius 3 is 2.88 bits per heavy atom. The van der Waals surface area contributed by atoms with Crippen molar-refractivity contribution in [1.82, 2.24) is 14.8 Å². The Morgan fingerprint density at radius 1 is 1.56 bits per heavy atom. The average molecular weight is 286 g/mol. The molecule has 1 aromatic heterocycles. The van der Waals surface area contributed by atoms with Crippen LogP contribution < -0.4 is 0 Å². The molecule has 4 heteroatoms. The molecule has 1 heterocycles. The molecular formula is C12H20BrN3. The maximum Gasteiger partial charge on any atom is 0.138 e. The molecule has 0 aliphatic heterocycles. The molecule has 1 aliphatic rings. The summed E-state index contributed by atoms with van der Waals surface area (Å²) in [6, 6.07) is 0. The van der Waals surface area contributed by atoms with Crippen LogP contribution in [0.3, 0.4) is 0 Å². The molecule has 0 aromatic carbocycles. The number of aromatic nitrogens is 3. The number of rotatable bonds is 6. The number of hydrogen-bond acceptors (Lipinski definition) is 2. The van der Waals surface area contributed by atoms with E-state index in [4.69, 9.17) is 0 Å². The highest BCUT2D eigenvalue weighted by Crippen LogP contribution is 2.48. The zero-order chi connectivity index (χ0) is 11.6. The van der Waals surface area contributed by atoms with Crippen LogP contribution in [0, 0.1) is 11.3 Å². The van der Waals surface area contributed by atoms with Gasteiger partial charge in [0, 0.05) is 18.3 Å². The molecule has 1 saturated carbocycles. The van der Waals surface area contributed by atoms with Crippen molar-refractivity contribution in [2.24, 2.45) is 11.3 Å². The summed E-state index contributed by atoms with van der Waals surface area (Å²) in [5, 5.41) is 5.35. The maximum absolute atomic E-state index is 4.41. The lowest BCUT2D eigenvalue weighted by molar-refractivity contribution is 0.304. The molecule has 0 N–H and O–H groups in total. The van der Waals surface area contributed by atoms with Gasteiger partial charge in [-0.05, 0) is 30.6 Å².